The van der Waals surface area contributed by atoms with Crippen LogP contribution in [0.4, 0.5) is 5.69 Å². The Morgan fingerprint density at radius 3 is 2.48 bits per heavy atom. The van der Waals surface area contributed by atoms with Gasteiger partial charge in [-0.2, -0.15) is 0 Å². The molecule has 1 aliphatic carbocycles. The van der Waals surface area contributed by atoms with Gasteiger partial charge < -0.3 is 10.2 Å². The fraction of sp³-hybridized carbons (Fsp3) is 0.579. The van der Waals surface area contributed by atoms with Gasteiger partial charge in [0.1, 0.15) is 0 Å². The van der Waals surface area contributed by atoms with Crippen molar-refractivity contribution in [3.8, 4) is 0 Å². The van der Waals surface area contributed by atoms with Gasteiger partial charge in [0, 0.05) is 31.6 Å². The molecule has 0 bridgehead atoms. The van der Waals surface area contributed by atoms with E-state index in [-0.39, 0.29) is 11.8 Å². The monoisotopic (exact) mass is 316 g/mol. The smallest absolute Gasteiger partial charge is 0.223 e. The Bertz CT molecular complexity index is 562. The Balaban J connectivity index is 1.94. The molecule has 1 saturated carbocycles. The Labute approximate surface area is 139 Å². The van der Waals surface area contributed by atoms with E-state index < -0.39 is 0 Å². The van der Waals surface area contributed by atoms with Crippen molar-refractivity contribution in [1.82, 2.24) is 5.32 Å². The molecule has 1 aromatic carbocycles. The number of nitrogens with one attached hydrogen (secondary N) is 1. The van der Waals surface area contributed by atoms with Crippen LogP contribution in [0.25, 0.3) is 0 Å². The molecule has 2 rings (SSSR count). The van der Waals surface area contributed by atoms with E-state index in [0.29, 0.717) is 19.0 Å². The van der Waals surface area contributed by atoms with E-state index in [4.69, 9.17) is 0 Å². The summed E-state index contributed by atoms with van der Waals surface area (Å²) in [6.45, 7) is 6.02. The number of anilines is 1. The number of aryl methyl sites for hydroxylation is 2. The average molecular weight is 316 g/mol. The zero-order valence-electron chi connectivity index (χ0n) is 14.5. The Morgan fingerprint density at radius 1 is 1.17 bits per heavy atom. The van der Waals surface area contributed by atoms with Crippen molar-refractivity contribution in [2.45, 2.75) is 65.3 Å². The van der Waals surface area contributed by atoms with Crippen molar-refractivity contribution in [3.05, 3.63) is 29.3 Å². The predicted octanol–water partition coefficient (Wildman–Crippen LogP) is 3.50. The van der Waals surface area contributed by atoms with Crippen LogP contribution in [-0.2, 0) is 9.59 Å². The van der Waals surface area contributed by atoms with Gasteiger partial charge in [0.15, 0.2) is 0 Å². The van der Waals surface area contributed by atoms with Crippen molar-refractivity contribution < 1.29 is 9.59 Å². The molecule has 23 heavy (non-hydrogen) atoms. The summed E-state index contributed by atoms with van der Waals surface area (Å²) in [5.41, 5.74) is 3.13. The van der Waals surface area contributed by atoms with E-state index >= 15 is 0 Å². The van der Waals surface area contributed by atoms with Gasteiger partial charge >= 0.3 is 0 Å². The van der Waals surface area contributed by atoms with Crippen LogP contribution >= 0.6 is 0 Å². The molecule has 0 unspecified atom stereocenters. The van der Waals surface area contributed by atoms with E-state index in [9.17, 15) is 9.59 Å². The van der Waals surface area contributed by atoms with Crippen LogP contribution in [0.15, 0.2) is 18.2 Å². The van der Waals surface area contributed by atoms with Crippen LogP contribution in [-0.4, -0.2) is 24.4 Å². The maximum absolute atomic E-state index is 12.2. The van der Waals surface area contributed by atoms with Crippen LogP contribution in [0.3, 0.4) is 0 Å². The number of amides is 2. The molecule has 1 aliphatic rings. The van der Waals surface area contributed by atoms with Gasteiger partial charge in [0.2, 0.25) is 11.8 Å². The molecule has 0 radical (unpaired) electrons. The lowest BCUT2D eigenvalue weighted by atomic mass is 9.95. The molecule has 1 N–H and O–H groups in total. The van der Waals surface area contributed by atoms with Crippen molar-refractivity contribution >= 4 is 17.5 Å². The van der Waals surface area contributed by atoms with Crippen LogP contribution in [0.1, 0.15) is 56.6 Å². The van der Waals surface area contributed by atoms with E-state index in [2.05, 4.69) is 11.4 Å². The first-order valence-electron chi connectivity index (χ1n) is 8.62. The Hall–Kier alpha value is -1.84. The second-order valence-corrected chi connectivity index (χ2v) is 6.61. The van der Waals surface area contributed by atoms with Gasteiger partial charge in [-0.1, -0.05) is 37.0 Å². The van der Waals surface area contributed by atoms with Crippen molar-refractivity contribution in [2.75, 3.05) is 11.4 Å². The Kier molecular flexibility index (Phi) is 6.20. The highest BCUT2D eigenvalue weighted by Crippen LogP contribution is 2.22. The lowest BCUT2D eigenvalue weighted by Gasteiger charge is -2.25. The van der Waals surface area contributed by atoms with Crippen LogP contribution in [0, 0.1) is 13.8 Å². The molecule has 0 spiro atoms. The summed E-state index contributed by atoms with van der Waals surface area (Å²) in [7, 11) is 0. The number of benzene rings is 1. The number of hydrogen-bond donors (Lipinski definition) is 1. The second-order valence-electron chi connectivity index (χ2n) is 6.61. The number of rotatable bonds is 5. The second kappa shape index (κ2) is 8.14. The summed E-state index contributed by atoms with van der Waals surface area (Å²) in [5, 5.41) is 3.11. The lowest BCUT2D eigenvalue weighted by molar-refractivity contribution is -0.121. The summed E-state index contributed by atoms with van der Waals surface area (Å²) >= 11 is 0. The predicted molar refractivity (Wildman–Crippen MR) is 93.6 cm³/mol. The normalized spacial score (nSPS) is 15.3. The van der Waals surface area contributed by atoms with Gasteiger partial charge in [-0.25, -0.2) is 0 Å². The topological polar surface area (TPSA) is 49.4 Å². The Morgan fingerprint density at radius 2 is 1.87 bits per heavy atom. The van der Waals surface area contributed by atoms with E-state index in [0.717, 1.165) is 24.1 Å². The summed E-state index contributed by atoms with van der Waals surface area (Å²) in [6.07, 6.45) is 6.19. The van der Waals surface area contributed by atoms with Gasteiger partial charge in [0.05, 0.1) is 0 Å². The maximum Gasteiger partial charge on any atom is 0.223 e. The van der Waals surface area contributed by atoms with E-state index in [1.807, 2.05) is 26.0 Å². The summed E-state index contributed by atoms with van der Waals surface area (Å²) in [6, 6.07) is 6.35. The van der Waals surface area contributed by atoms with E-state index in [1.54, 1.807) is 11.8 Å². The quantitative estimate of drug-likeness (QED) is 0.904. The zero-order chi connectivity index (χ0) is 16.8. The molecule has 0 atom stereocenters. The minimum absolute atomic E-state index is 0.0255. The molecule has 1 fully saturated rings. The SMILES string of the molecule is CC(=O)N(CCC(=O)NC1CCCCC1)c1ccc(C)cc1C. The summed E-state index contributed by atoms with van der Waals surface area (Å²) in [5.74, 6) is 0.0235. The summed E-state index contributed by atoms with van der Waals surface area (Å²) < 4.78 is 0. The first-order chi connectivity index (χ1) is 11.0. The van der Waals surface area contributed by atoms with Gasteiger partial charge in [-0.05, 0) is 38.3 Å². The van der Waals surface area contributed by atoms with E-state index in [1.165, 1.54) is 24.8 Å². The van der Waals surface area contributed by atoms with Gasteiger partial charge in [0.25, 0.3) is 0 Å². The first-order valence-corrected chi connectivity index (χ1v) is 8.62. The molecule has 0 aliphatic heterocycles. The highest BCUT2D eigenvalue weighted by molar-refractivity contribution is 5.93. The van der Waals surface area contributed by atoms with Crippen LogP contribution < -0.4 is 10.2 Å². The maximum atomic E-state index is 12.2. The molecule has 0 heterocycles. The molecular weight excluding hydrogens is 288 g/mol. The number of carbonyl (C=O) groups is 2. The fourth-order valence-corrected chi connectivity index (χ4v) is 3.32. The standard InChI is InChI=1S/C19H28N2O2/c1-14-9-10-18(15(2)13-14)21(16(3)22)12-11-19(23)20-17-7-5-4-6-8-17/h9-10,13,17H,4-8,11-12H2,1-3H3,(H,20,23). The average Bonchev–Trinajstić information content (AvgIpc) is 2.50. The van der Waals surface area contributed by atoms with Crippen LogP contribution in [0.2, 0.25) is 0 Å². The van der Waals surface area contributed by atoms with Gasteiger partial charge in [-0.15, -0.1) is 0 Å². The minimum atomic E-state index is -0.0255. The number of carbonyl (C=O) groups excluding carboxylic acids is 2. The first kappa shape index (κ1) is 17.5. The molecule has 126 valence electrons. The van der Waals surface area contributed by atoms with Crippen molar-refractivity contribution in [3.63, 3.8) is 0 Å². The van der Waals surface area contributed by atoms with Gasteiger partial charge in [-0.3, -0.25) is 9.59 Å². The third-order valence-corrected chi connectivity index (χ3v) is 4.56. The highest BCUT2D eigenvalue weighted by atomic mass is 16.2. The molecule has 4 heteroatoms. The molecule has 0 aromatic heterocycles. The highest BCUT2D eigenvalue weighted by Gasteiger charge is 2.18. The lowest BCUT2D eigenvalue weighted by Crippen LogP contribution is -2.39. The van der Waals surface area contributed by atoms with Crippen molar-refractivity contribution in [1.29, 1.82) is 0 Å². The van der Waals surface area contributed by atoms with Crippen LogP contribution in [0.5, 0.6) is 0 Å². The molecule has 4 nitrogen and oxygen atoms in total. The molecule has 0 saturated heterocycles. The van der Waals surface area contributed by atoms with Crippen molar-refractivity contribution in [2.24, 2.45) is 0 Å². The number of nitrogens with zero attached hydrogens (tertiary/aromatic N) is 1. The zero-order valence-corrected chi connectivity index (χ0v) is 14.5. The number of hydrogen-bond acceptors (Lipinski definition) is 2. The fourth-order valence-electron chi connectivity index (χ4n) is 3.32. The minimum Gasteiger partial charge on any atom is -0.353 e. The largest absolute Gasteiger partial charge is 0.353 e. The molecule has 2 amide bonds. The molecule has 1 aromatic rings. The molecular formula is C19H28N2O2. The third-order valence-electron chi connectivity index (χ3n) is 4.56. The summed E-state index contributed by atoms with van der Waals surface area (Å²) in [4.78, 5) is 25.8. The third kappa shape index (κ3) is 5.08.